The van der Waals surface area contributed by atoms with Crippen LogP contribution in [0.25, 0.3) is 0 Å². The molecule has 3 rings (SSSR count). The van der Waals surface area contributed by atoms with Crippen molar-refractivity contribution in [2.45, 2.75) is 32.1 Å². The van der Waals surface area contributed by atoms with E-state index in [9.17, 15) is 4.79 Å². The lowest BCUT2D eigenvalue weighted by molar-refractivity contribution is -0.132. The molecule has 2 aromatic heterocycles. The molecule has 0 saturated carbocycles. The molecule has 5 nitrogen and oxygen atoms in total. The summed E-state index contributed by atoms with van der Waals surface area (Å²) in [5.74, 6) is 0.938. The van der Waals surface area contributed by atoms with Gasteiger partial charge in [0, 0.05) is 30.6 Å². The largest absolute Gasteiger partial charge is 0.482 e. The Labute approximate surface area is 140 Å². The Kier molecular flexibility index (Phi) is 4.91. The number of carbonyl (C=O) groups excluding carboxylic acids is 1. The number of fused-ring (bicyclic) bond motifs is 1. The summed E-state index contributed by atoms with van der Waals surface area (Å²) in [6.45, 7) is 2.79. The van der Waals surface area contributed by atoms with E-state index in [0.29, 0.717) is 18.2 Å². The summed E-state index contributed by atoms with van der Waals surface area (Å²) < 4.78 is 5.48. The summed E-state index contributed by atoms with van der Waals surface area (Å²) in [4.78, 5) is 24.1. The fourth-order valence-electron chi connectivity index (χ4n) is 2.93. The minimum Gasteiger partial charge on any atom is -0.482 e. The first-order valence-corrected chi connectivity index (χ1v) is 8.68. The average Bonchev–Trinajstić information content (AvgIpc) is 2.95. The molecule has 0 radical (unpaired) electrons. The van der Waals surface area contributed by atoms with Crippen LogP contribution in [0.3, 0.4) is 0 Å². The minimum atomic E-state index is -0.0204. The van der Waals surface area contributed by atoms with Crippen LogP contribution in [0.2, 0.25) is 0 Å². The van der Waals surface area contributed by atoms with Crippen molar-refractivity contribution >= 4 is 17.2 Å². The number of pyridine rings is 1. The highest BCUT2D eigenvalue weighted by Crippen LogP contribution is 2.34. The van der Waals surface area contributed by atoms with Crippen molar-refractivity contribution in [1.82, 2.24) is 14.9 Å². The standard InChI is InChI=1S/C17H21N3O2S/c1-12-19-17-13(5-3-7-15(17)23-12)10-20(2)16(21)11-22-14-6-4-8-18-9-14/h4,6,8-9,13H,3,5,7,10-11H2,1-2H3/t13-/m1/s1. The van der Waals surface area contributed by atoms with E-state index in [2.05, 4.69) is 16.9 Å². The topological polar surface area (TPSA) is 55.3 Å². The Hall–Kier alpha value is -1.95. The Morgan fingerprint density at radius 2 is 2.39 bits per heavy atom. The fraction of sp³-hybridized carbons (Fsp3) is 0.471. The van der Waals surface area contributed by atoms with Crippen molar-refractivity contribution in [1.29, 1.82) is 0 Å². The van der Waals surface area contributed by atoms with Gasteiger partial charge >= 0.3 is 0 Å². The molecule has 0 fully saturated rings. The van der Waals surface area contributed by atoms with Crippen molar-refractivity contribution in [3.63, 3.8) is 0 Å². The number of aromatic nitrogens is 2. The zero-order chi connectivity index (χ0) is 16.2. The van der Waals surface area contributed by atoms with E-state index in [1.807, 2.05) is 7.05 Å². The molecule has 122 valence electrons. The van der Waals surface area contributed by atoms with Crippen LogP contribution in [-0.2, 0) is 11.2 Å². The van der Waals surface area contributed by atoms with Gasteiger partial charge < -0.3 is 9.64 Å². The highest BCUT2D eigenvalue weighted by molar-refractivity contribution is 7.11. The maximum absolute atomic E-state index is 12.3. The van der Waals surface area contributed by atoms with Crippen LogP contribution in [-0.4, -0.2) is 41.0 Å². The van der Waals surface area contributed by atoms with Gasteiger partial charge in [0.15, 0.2) is 6.61 Å². The summed E-state index contributed by atoms with van der Waals surface area (Å²) >= 11 is 1.79. The van der Waals surface area contributed by atoms with E-state index in [0.717, 1.165) is 17.8 Å². The Morgan fingerprint density at radius 1 is 1.52 bits per heavy atom. The van der Waals surface area contributed by atoms with E-state index in [1.165, 1.54) is 17.0 Å². The number of amides is 1. The van der Waals surface area contributed by atoms with Crippen LogP contribution in [0, 0.1) is 6.92 Å². The van der Waals surface area contributed by atoms with Gasteiger partial charge in [0.25, 0.3) is 5.91 Å². The number of hydrogen-bond donors (Lipinski definition) is 0. The second-order valence-electron chi connectivity index (χ2n) is 5.88. The van der Waals surface area contributed by atoms with Gasteiger partial charge in [0.05, 0.1) is 16.9 Å². The predicted molar refractivity (Wildman–Crippen MR) is 89.9 cm³/mol. The Morgan fingerprint density at radius 3 is 3.17 bits per heavy atom. The van der Waals surface area contributed by atoms with Gasteiger partial charge in [-0.3, -0.25) is 9.78 Å². The smallest absolute Gasteiger partial charge is 0.260 e. The SMILES string of the molecule is Cc1nc2c(s1)CCC[C@@H]2CN(C)C(=O)COc1cccnc1. The maximum Gasteiger partial charge on any atom is 0.260 e. The number of carbonyl (C=O) groups is 1. The van der Waals surface area contributed by atoms with Crippen LogP contribution >= 0.6 is 11.3 Å². The molecule has 1 aliphatic rings. The Bertz CT molecular complexity index is 672. The number of hydrogen-bond acceptors (Lipinski definition) is 5. The average molecular weight is 331 g/mol. The van der Waals surface area contributed by atoms with Crippen molar-refractivity contribution in [2.75, 3.05) is 20.2 Å². The molecule has 1 atom stereocenters. The fourth-order valence-corrected chi connectivity index (χ4v) is 3.99. The highest BCUT2D eigenvalue weighted by Gasteiger charge is 2.26. The third-order valence-corrected chi connectivity index (χ3v) is 5.14. The van der Waals surface area contributed by atoms with Gasteiger partial charge in [-0.25, -0.2) is 4.98 Å². The lowest BCUT2D eigenvalue weighted by Crippen LogP contribution is -2.35. The molecule has 1 amide bonds. The normalized spacial score (nSPS) is 16.7. The van der Waals surface area contributed by atoms with Crippen LogP contribution in [0.4, 0.5) is 0 Å². The number of nitrogens with zero attached hydrogens (tertiary/aromatic N) is 3. The second-order valence-corrected chi connectivity index (χ2v) is 7.17. The van der Waals surface area contributed by atoms with E-state index in [1.54, 1.807) is 40.8 Å². The van der Waals surface area contributed by atoms with Crippen LogP contribution in [0.5, 0.6) is 5.75 Å². The summed E-state index contributed by atoms with van der Waals surface area (Å²) in [6, 6.07) is 3.59. The number of aryl methyl sites for hydroxylation is 2. The highest BCUT2D eigenvalue weighted by atomic mass is 32.1. The molecule has 0 unspecified atom stereocenters. The van der Waals surface area contributed by atoms with Crippen molar-refractivity contribution in [2.24, 2.45) is 0 Å². The number of ether oxygens (including phenoxy) is 1. The lowest BCUT2D eigenvalue weighted by Gasteiger charge is -2.26. The molecule has 0 aliphatic heterocycles. The number of thiazole rings is 1. The molecule has 23 heavy (non-hydrogen) atoms. The second kappa shape index (κ2) is 7.08. The maximum atomic E-state index is 12.3. The van der Waals surface area contributed by atoms with Gasteiger partial charge in [0.1, 0.15) is 5.75 Å². The molecule has 0 N–H and O–H groups in total. The monoisotopic (exact) mass is 331 g/mol. The molecule has 0 bridgehead atoms. The zero-order valence-corrected chi connectivity index (χ0v) is 14.3. The molecular weight excluding hydrogens is 310 g/mol. The van der Waals surface area contributed by atoms with Crippen molar-refractivity contribution in [3.05, 3.63) is 40.1 Å². The summed E-state index contributed by atoms with van der Waals surface area (Å²) in [6.07, 6.45) is 6.68. The van der Waals surface area contributed by atoms with Gasteiger partial charge in [-0.1, -0.05) is 0 Å². The van der Waals surface area contributed by atoms with Crippen molar-refractivity contribution < 1.29 is 9.53 Å². The van der Waals surface area contributed by atoms with E-state index in [4.69, 9.17) is 4.74 Å². The first-order chi connectivity index (χ1) is 11.1. The van der Waals surface area contributed by atoms with Gasteiger partial charge in [-0.15, -0.1) is 11.3 Å². The van der Waals surface area contributed by atoms with E-state index in [-0.39, 0.29) is 12.5 Å². The summed E-state index contributed by atoms with van der Waals surface area (Å²) in [5.41, 5.74) is 1.20. The lowest BCUT2D eigenvalue weighted by atomic mass is 9.90. The van der Waals surface area contributed by atoms with Gasteiger partial charge in [0.2, 0.25) is 0 Å². The third kappa shape index (κ3) is 3.88. The molecule has 1 aliphatic carbocycles. The Balaban J connectivity index is 1.56. The molecule has 0 saturated heterocycles. The first-order valence-electron chi connectivity index (χ1n) is 7.86. The molecule has 0 spiro atoms. The van der Waals surface area contributed by atoms with Crippen molar-refractivity contribution in [3.8, 4) is 5.75 Å². The predicted octanol–water partition coefficient (Wildman–Crippen LogP) is 2.80. The van der Waals surface area contributed by atoms with Gasteiger partial charge in [-0.05, 0) is 38.3 Å². The number of rotatable bonds is 5. The molecule has 2 aromatic rings. The summed E-state index contributed by atoms with van der Waals surface area (Å²) in [7, 11) is 1.84. The molecule has 2 heterocycles. The zero-order valence-electron chi connectivity index (χ0n) is 13.5. The van der Waals surface area contributed by atoms with Crippen LogP contribution < -0.4 is 4.74 Å². The third-order valence-electron chi connectivity index (χ3n) is 4.09. The molecule has 6 heteroatoms. The minimum absolute atomic E-state index is 0.0204. The number of likely N-dealkylation sites (N-methyl/N-ethyl adjacent to an activating group) is 1. The van der Waals surface area contributed by atoms with Crippen LogP contribution in [0.15, 0.2) is 24.5 Å². The van der Waals surface area contributed by atoms with Crippen LogP contribution in [0.1, 0.15) is 34.3 Å². The molecular formula is C17H21N3O2S. The van der Waals surface area contributed by atoms with E-state index < -0.39 is 0 Å². The molecule has 0 aromatic carbocycles. The van der Waals surface area contributed by atoms with E-state index >= 15 is 0 Å². The van der Waals surface area contributed by atoms with Gasteiger partial charge in [-0.2, -0.15) is 0 Å². The summed E-state index contributed by atoms with van der Waals surface area (Å²) in [5, 5.41) is 1.12. The first kappa shape index (κ1) is 15.9. The quantitative estimate of drug-likeness (QED) is 0.845.